The largest absolute Gasteiger partial charge is 0.427 e. The number of amides is 1. The number of esters is 1. The van der Waals surface area contributed by atoms with E-state index in [0.29, 0.717) is 15.8 Å². The first-order valence-electron chi connectivity index (χ1n) is 13.5. The molecule has 2 saturated carbocycles. The van der Waals surface area contributed by atoms with E-state index in [-0.39, 0.29) is 35.4 Å². The quantitative estimate of drug-likeness (QED) is 0.339. The van der Waals surface area contributed by atoms with E-state index in [4.69, 9.17) is 32.7 Å². The number of fused-ring (bicyclic) bond motifs is 1. The molecule has 0 spiro atoms. The van der Waals surface area contributed by atoms with Gasteiger partial charge in [-0.2, -0.15) is 0 Å². The molecule has 0 aromatic heterocycles. The molecule has 1 amide bonds. The summed E-state index contributed by atoms with van der Waals surface area (Å²) >= 11 is 12.2. The molecule has 3 fully saturated rings. The Morgan fingerprint density at radius 2 is 1.89 bits per heavy atom. The van der Waals surface area contributed by atoms with Gasteiger partial charge in [0, 0.05) is 38.6 Å². The number of likely N-dealkylation sites (tertiary alicyclic amines) is 1. The summed E-state index contributed by atoms with van der Waals surface area (Å²) in [5.41, 5.74) is 1.22. The van der Waals surface area contributed by atoms with Gasteiger partial charge in [0.15, 0.2) is 0 Å². The van der Waals surface area contributed by atoms with Gasteiger partial charge in [0.05, 0.1) is 22.1 Å². The highest BCUT2D eigenvalue weighted by Crippen LogP contribution is 2.54. The molecule has 1 N–H and O–H groups in total. The average molecular weight is 560 g/mol. The fraction of sp³-hybridized carbons (Fsp3) is 0.533. The van der Waals surface area contributed by atoms with Gasteiger partial charge in [-0.05, 0) is 86.4 Å². The summed E-state index contributed by atoms with van der Waals surface area (Å²) in [4.78, 5) is 27.4. The summed E-state index contributed by atoms with van der Waals surface area (Å²) in [6.07, 6.45) is 6.22. The van der Waals surface area contributed by atoms with E-state index in [9.17, 15) is 9.59 Å². The van der Waals surface area contributed by atoms with Crippen molar-refractivity contribution in [2.75, 3.05) is 26.7 Å². The number of halogens is 2. The van der Waals surface area contributed by atoms with Crippen LogP contribution in [-0.2, 0) is 26.2 Å². The second kappa shape index (κ2) is 11.2. The number of benzene rings is 2. The van der Waals surface area contributed by atoms with E-state index in [1.54, 1.807) is 12.1 Å². The molecule has 0 bridgehead atoms. The number of carbonyl (C=O) groups excluding carboxylic acids is 2. The Labute approximate surface area is 235 Å². The molecule has 2 aromatic rings. The molecule has 0 radical (unpaired) electrons. The molecule has 6 nitrogen and oxygen atoms in total. The van der Waals surface area contributed by atoms with Crippen LogP contribution in [0.4, 0.5) is 0 Å². The van der Waals surface area contributed by atoms with Crippen LogP contribution >= 0.6 is 23.2 Å². The van der Waals surface area contributed by atoms with Crippen LogP contribution in [-0.4, -0.2) is 55.2 Å². The summed E-state index contributed by atoms with van der Waals surface area (Å²) in [6, 6.07) is 13.2. The zero-order chi connectivity index (χ0) is 26.9. The highest BCUT2D eigenvalue weighted by molar-refractivity contribution is 6.42. The number of rotatable bonds is 8. The van der Waals surface area contributed by atoms with Gasteiger partial charge in [-0.15, -0.1) is 0 Å². The molecule has 2 aromatic carbocycles. The monoisotopic (exact) mass is 558 g/mol. The van der Waals surface area contributed by atoms with E-state index in [2.05, 4.69) is 16.3 Å². The van der Waals surface area contributed by atoms with E-state index < -0.39 is 0 Å². The van der Waals surface area contributed by atoms with Gasteiger partial charge in [0.25, 0.3) is 0 Å². The first-order chi connectivity index (χ1) is 18.2. The SMILES string of the molecule is CO[C@]12CC[C@@H](NC(=O)Cc3ccc(Cl)c(Cl)c3)C[C@]1(c1cccc(OC(C)=O)c1)CCN(CC1CC1)C2. The maximum Gasteiger partial charge on any atom is 0.308 e. The van der Waals surface area contributed by atoms with E-state index in [0.717, 1.165) is 62.4 Å². The van der Waals surface area contributed by atoms with Gasteiger partial charge in [0.1, 0.15) is 5.75 Å². The van der Waals surface area contributed by atoms with Gasteiger partial charge in [-0.3, -0.25) is 9.59 Å². The molecular weight excluding hydrogens is 523 g/mol. The summed E-state index contributed by atoms with van der Waals surface area (Å²) in [6.45, 7) is 4.38. The molecule has 38 heavy (non-hydrogen) atoms. The molecule has 1 saturated heterocycles. The number of carbonyl (C=O) groups is 2. The van der Waals surface area contributed by atoms with Gasteiger partial charge in [-0.25, -0.2) is 0 Å². The van der Waals surface area contributed by atoms with Gasteiger partial charge < -0.3 is 19.7 Å². The minimum atomic E-state index is -0.389. The van der Waals surface area contributed by atoms with Crippen molar-refractivity contribution < 1.29 is 19.1 Å². The summed E-state index contributed by atoms with van der Waals surface area (Å²) in [7, 11) is 1.83. The van der Waals surface area contributed by atoms with Crippen molar-refractivity contribution >= 4 is 35.1 Å². The Hall–Kier alpha value is -2.12. The molecular formula is C30H36Cl2N2O4. The fourth-order valence-electron chi connectivity index (χ4n) is 6.67. The van der Waals surface area contributed by atoms with Crippen LogP contribution < -0.4 is 10.1 Å². The third-order valence-corrected chi connectivity index (χ3v) is 9.40. The standard InChI is InChI=1S/C30H36Cl2N2O4/c1-20(35)38-25-5-3-4-23(16-25)29-12-13-34(18-21-6-7-21)19-30(29,37-2)11-10-24(17-29)33-28(36)15-22-8-9-26(31)27(32)14-22/h3-5,8-9,14,16,21,24H,6-7,10-13,15,17-19H2,1-2H3,(H,33,36)/t24-,29+,30+/m1/s1. The molecule has 0 unspecified atom stereocenters. The predicted octanol–water partition coefficient (Wildman–Crippen LogP) is 5.57. The van der Waals surface area contributed by atoms with Crippen LogP contribution in [0.25, 0.3) is 0 Å². The lowest BCUT2D eigenvalue weighted by Gasteiger charge is -2.60. The summed E-state index contributed by atoms with van der Waals surface area (Å²) < 4.78 is 11.9. The molecule has 8 heteroatoms. The molecule has 1 heterocycles. The van der Waals surface area contributed by atoms with Crippen molar-refractivity contribution in [3.05, 3.63) is 63.6 Å². The Balaban J connectivity index is 1.41. The van der Waals surface area contributed by atoms with Crippen LogP contribution in [0.1, 0.15) is 56.6 Å². The Morgan fingerprint density at radius 3 is 2.61 bits per heavy atom. The highest BCUT2D eigenvalue weighted by Gasteiger charge is 2.59. The number of hydrogen-bond donors (Lipinski definition) is 1. The average Bonchev–Trinajstić information content (AvgIpc) is 3.70. The summed E-state index contributed by atoms with van der Waals surface area (Å²) in [5, 5.41) is 4.23. The molecule has 5 rings (SSSR count). The van der Waals surface area contributed by atoms with E-state index in [1.807, 2.05) is 31.4 Å². The highest BCUT2D eigenvalue weighted by atomic mass is 35.5. The normalized spacial score (nSPS) is 27.4. The zero-order valence-electron chi connectivity index (χ0n) is 22.1. The zero-order valence-corrected chi connectivity index (χ0v) is 23.6. The molecule has 2 aliphatic carbocycles. The lowest BCUT2D eigenvalue weighted by molar-refractivity contribution is -0.151. The van der Waals surface area contributed by atoms with Gasteiger partial charge in [-0.1, -0.05) is 41.4 Å². The van der Waals surface area contributed by atoms with Gasteiger partial charge in [0.2, 0.25) is 5.91 Å². The maximum absolute atomic E-state index is 13.1. The molecule has 1 aliphatic heterocycles. The second-order valence-corrected chi connectivity index (χ2v) is 12.1. The van der Waals surface area contributed by atoms with Crippen molar-refractivity contribution in [2.24, 2.45) is 5.92 Å². The summed E-state index contributed by atoms with van der Waals surface area (Å²) in [5.74, 6) is 0.975. The number of nitrogens with one attached hydrogen (secondary N) is 1. The van der Waals surface area contributed by atoms with Crippen LogP contribution in [0.2, 0.25) is 10.0 Å². The number of piperidine rings is 1. The Morgan fingerprint density at radius 1 is 1.08 bits per heavy atom. The second-order valence-electron chi connectivity index (χ2n) is 11.3. The van der Waals surface area contributed by atoms with E-state index in [1.165, 1.54) is 19.8 Å². The molecule has 3 aliphatic rings. The van der Waals surface area contributed by atoms with E-state index >= 15 is 0 Å². The van der Waals surface area contributed by atoms with Crippen molar-refractivity contribution in [3.8, 4) is 5.75 Å². The number of ether oxygens (including phenoxy) is 2. The van der Waals surface area contributed by atoms with Gasteiger partial charge >= 0.3 is 5.97 Å². The minimum absolute atomic E-state index is 0.000843. The minimum Gasteiger partial charge on any atom is -0.427 e. The number of hydrogen-bond acceptors (Lipinski definition) is 5. The van der Waals surface area contributed by atoms with Crippen LogP contribution in [0.3, 0.4) is 0 Å². The smallest absolute Gasteiger partial charge is 0.308 e. The molecule has 204 valence electrons. The lowest BCUT2D eigenvalue weighted by atomic mass is 9.55. The van der Waals surface area contributed by atoms with Crippen LogP contribution in [0.15, 0.2) is 42.5 Å². The first-order valence-corrected chi connectivity index (χ1v) is 14.3. The number of nitrogens with zero attached hydrogens (tertiary/aromatic N) is 1. The van der Waals surface area contributed by atoms with Crippen molar-refractivity contribution in [2.45, 2.75) is 68.9 Å². The third-order valence-electron chi connectivity index (χ3n) is 8.66. The first kappa shape index (κ1) is 27.4. The van der Waals surface area contributed by atoms with Crippen molar-refractivity contribution in [1.82, 2.24) is 10.2 Å². The Kier molecular flexibility index (Phi) is 8.07. The van der Waals surface area contributed by atoms with Crippen LogP contribution in [0, 0.1) is 5.92 Å². The lowest BCUT2D eigenvalue weighted by Crippen LogP contribution is -2.68. The van der Waals surface area contributed by atoms with Crippen LogP contribution in [0.5, 0.6) is 5.75 Å². The third kappa shape index (κ3) is 5.74. The molecule has 3 atom stereocenters. The predicted molar refractivity (Wildman–Crippen MR) is 149 cm³/mol. The maximum atomic E-state index is 13.1. The van der Waals surface area contributed by atoms with Crippen molar-refractivity contribution in [1.29, 1.82) is 0 Å². The fourth-order valence-corrected chi connectivity index (χ4v) is 6.99. The number of methoxy groups -OCH3 is 1. The van der Waals surface area contributed by atoms with Crippen molar-refractivity contribution in [3.63, 3.8) is 0 Å². The topological polar surface area (TPSA) is 67.9 Å². The Bertz CT molecular complexity index is 1200.